The third kappa shape index (κ3) is 20.7. The number of piperidine rings is 3. The van der Waals surface area contributed by atoms with Crippen LogP contribution in [-0.2, 0) is 49.6 Å². The Balaban J connectivity index is 0.000000166. The van der Waals surface area contributed by atoms with Crippen molar-refractivity contribution in [2.75, 3.05) is 72.8 Å². The predicted molar refractivity (Wildman–Crippen MR) is 370 cm³/mol. The fourth-order valence-electron chi connectivity index (χ4n) is 14.6. The van der Waals surface area contributed by atoms with Crippen LogP contribution in [-0.4, -0.2) is 187 Å². The van der Waals surface area contributed by atoms with Gasteiger partial charge in [0, 0.05) is 146 Å². The highest BCUT2D eigenvalue weighted by Crippen LogP contribution is 2.47. The minimum Gasteiger partial charge on any atom is -0.485 e. The monoisotopic (exact) mass is 1460 g/mol. The Labute approximate surface area is 599 Å². The van der Waals surface area contributed by atoms with Crippen molar-refractivity contribution < 1.29 is 87.4 Å². The zero-order valence-electron chi connectivity index (χ0n) is 59.2. The van der Waals surface area contributed by atoms with Gasteiger partial charge in [-0.25, -0.2) is 13.4 Å². The van der Waals surface area contributed by atoms with Gasteiger partial charge in [0.15, 0.2) is 5.75 Å². The van der Waals surface area contributed by atoms with E-state index in [1.54, 1.807) is 59.9 Å². The van der Waals surface area contributed by atoms with Gasteiger partial charge < -0.3 is 57.3 Å². The molecule has 0 bridgehead atoms. The summed E-state index contributed by atoms with van der Waals surface area (Å²) in [7, 11) is -3.16. The highest BCUT2D eigenvalue weighted by molar-refractivity contribution is 7.91. The largest absolute Gasteiger partial charge is 0.485 e. The number of carbonyl (C=O) groups excluding carboxylic acids is 3. The molecule has 6 aliphatic heterocycles. The summed E-state index contributed by atoms with van der Waals surface area (Å²) in [5, 5.41) is 0. The second-order valence-corrected chi connectivity index (χ2v) is 29.1. The molecule has 0 radical (unpaired) electrons. The molecule has 6 fully saturated rings. The number of benzene rings is 2. The van der Waals surface area contributed by atoms with E-state index >= 15 is 0 Å². The number of sulfone groups is 1. The molecule has 3 amide bonds. The van der Waals surface area contributed by atoms with Gasteiger partial charge in [-0.05, 0) is 162 Å². The summed E-state index contributed by atoms with van der Waals surface area (Å²) < 4.78 is 139. The summed E-state index contributed by atoms with van der Waals surface area (Å²) >= 11 is 0. The van der Waals surface area contributed by atoms with Gasteiger partial charge in [0.05, 0.1) is 78.1 Å². The zero-order valence-corrected chi connectivity index (χ0v) is 60.0. The molecule has 0 N–H and O–H groups in total. The number of hydrogen-bond donors (Lipinski definition) is 0. The summed E-state index contributed by atoms with van der Waals surface area (Å²) in [5.41, 5.74) is 3.74. The van der Waals surface area contributed by atoms with E-state index in [4.69, 9.17) is 37.9 Å². The van der Waals surface area contributed by atoms with E-state index in [1.165, 1.54) is 19.2 Å². The van der Waals surface area contributed by atoms with Crippen LogP contribution in [0, 0.1) is 0 Å². The summed E-state index contributed by atoms with van der Waals surface area (Å²) in [5.74, 6) is -3.11. The molecule has 21 nitrogen and oxygen atoms in total. The fraction of sp³-hybridized carbons (Fsp3) is 0.539. The van der Waals surface area contributed by atoms with Gasteiger partial charge in [-0.3, -0.25) is 29.3 Å². The molecule has 558 valence electrons. The first-order valence-electron chi connectivity index (χ1n) is 35.5. The standard InChI is InChI=1S/C26H31F3N2O4.C26H35N3O5.C24H28F2N2O5S/c1-2-34-22-14-23(21-4-3-11-30-16-21)35-25(15-22)9-12-31(13-10-25)24(32)20-7-5-19(6-8-20)17-33-18-26(27,28)29;1-5-32-20-15-23(19-7-6-12-27-17-19)34-26(16-20)10-13-29(14-11-26)25(30)21-8-9-22(33-18(2)3)24(28-21)31-4;1-2-32-19-14-21(18-4-3-11-27-16-18)33-24(15-19)9-12-28(13-10-24)22(29)17-5-7-20(8-6-17)34(30,31)23(25)26/h3-8,11,16,22-23H,2,9-10,12-15,17-18H2,1H3;6-9,12,17-18,20,23H,5,10-11,13-16H2,1-4H3;3-8,11,16,19,21,23H,2,9-10,12-15H2,1H3. The molecule has 2 aromatic carbocycles. The van der Waals surface area contributed by atoms with E-state index < -0.39 is 38.9 Å². The second-order valence-electron chi connectivity index (χ2n) is 27.2. The molecule has 4 aromatic heterocycles. The maximum atomic E-state index is 13.2. The third-order valence-corrected chi connectivity index (χ3v) is 21.1. The van der Waals surface area contributed by atoms with Gasteiger partial charge in [0.1, 0.15) is 12.3 Å². The van der Waals surface area contributed by atoms with Crippen molar-refractivity contribution in [2.45, 2.75) is 195 Å². The van der Waals surface area contributed by atoms with Gasteiger partial charge >= 0.3 is 11.9 Å². The molecule has 6 aliphatic rings. The number of likely N-dealkylation sites (tertiary alicyclic amines) is 3. The minimum absolute atomic E-state index is 0.0120. The number of methoxy groups -OCH3 is 1. The lowest BCUT2D eigenvalue weighted by Crippen LogP contribution is -2.52. The Morgan fingerprint density at radius 3 is 1.29 bits per heavy atom. The van der Waals surface area contributed by atoms with E-state index in [9.17, 15) is 44.8 Å². The zero-order chi connectivity index (χ0) is 73.4. The fourth-order valence-corrected chi connectivity index (χ4v) is 15.3. The molecule has 12 rings (SSSR count). The number of halogens is 5. The molecule has 10 heterocycles. The van der Waals surface area contributed by atoms with Crippen molar-refractivity contribution in [1.82, 2.24) is 34.6 Å². The number of aromatic nitrogens is 4. The van der Waals surface area contributed by atoms with Crippen LogP contribution in [0.1, 0.15) is 183 Å². The van der Waals surface area contributed by atoms with E-state index in [-0.39, 0.29) is 83.8 Å². The average molecular weight is 1460 g/mol. The third-order valence-electron chi connectivity index (χ3n) is 19.7. The van der Waals surface area contributed by atoms with Crippen LogP contribution in [0.15, 0.2) is 139 Å². The number of hydrogen-bond acceptors (Lipinski definition) is 18. The number of pyridine rings is 4. The van der Waals surface area contributed by atoms with Crippen molar-refractivity contribution in [3.8, 4) is 11.6 Å². The average Bonchev–Trinajstić information content (AvgIpc) is 0.790. The number of ether oxygens (including phenoxy) is 9. The van der Waals surface area contributed by atoms with Gasteiger partial charge in [-0.2, -0.15) is 22.0 Å². The molecule has 6 atom stereocenters. The molecule has 6 saturated heterocycles. The molecular formula is C76H94F5N7O14S. The maximum absolute atomic E-state index is 13.2. The molecule has 0 aliphatic carbocycles. The molecule has 103 heavy (non-hydrogen) atoms. The van der Waals surface area contributed by atoms with Crippen molar-refractivity contribution in [2.24, 2.45) is 0 Å². The van der Waals surface area contributed by atoms with Crippen molar-refractivity contribution in [3.05, 3.63) is 173 Å². The van der Waals surface area contributed by atoms with E-state index in [0.717, 1.165) is 80.2 Å². The second kappa shape index (κ2) is 35.4. The number of nitrogens with zero attached hydrogens (tertiary/aromatic N) is 7. The topological polar surface area (TPSA) is 230 Å². The molecular weight excluding hydrogens is 1360 g/mol. The lowest BCUT2D eigenvalue weighted by molar-refractivity contribution is -0.191. The van der Waals surface area contributed by atoms with Gasteiger partial charge in [-0.15, -0.1) is 0 Å². The Kier molecular flexibility index (Phi) is 26.8. The predicted octanol–water partition coefficient (Wildman–Crippen LogP) is 13.3. The smallest absolute Gasteiger partial charge is 0.411 e. The van der Waals surface area contributed by atoms with Crippen LogP contribution in [0.2, 0.25) is 0 Å². The first kappa shape index (κ1) is 78.0. The first-order valence-corrected chi connectivity index (χ1v) is 37.0. The summed E-state index contributed by atoms with van der Waals surface area (Å²) in [4.78, 5) is 61.2. The Bertz CT molecular complexity index is 3790. The molecule has 6 aromatic rings. The van der Waals surface area contributed by atoms with E-state index in [0.29, 0.717) is 113 Å². The van der Waals surface area contributed by atoms with Crippen molar-refractivity contribution in [1.29, 1.82) is 0 Å². The van der Waals surface area contributed by atoms with Crippen molar-refractivity contribution >= 4 is 27.6 Å². The van der Waals surface area contributed by atoms with Crippen LogP contribution in [0.5, 0.6) is 11.6 Å². The van der Waals surface area contributed by atoms with Crippen LogP contribution >= 0.6 is 0 Å². The Morgan fingerprint density at radius 2 is 0.951 bits per heavy atom. The lowest BCUT2D eigenvalue weighted by atomic mass is 9.80. The molecule has 6 unspecified atom stereocenters. The van der Waals surface area contributed by atoms with Gasteiger partial charge in [0.25, 0.3) is 23.6 Å². The van der Waals surface area contributed by atoms with Crippen molar-refractivity contribution in [3.63, 3.8) is 0 Å². The highest BCUT2D eigenvalue weighted by atomic mass is 32.2. The van der Waals surface area contributed by atoms with Crippen LogP contribution < -0.4 is 9.47 Å². The number of rotatable bonds is 20. The Morgan fingerprint density at radius 1 is 0.563 bits per heavy atom. The molecule has 0 saturated carbocycles. The van der Waals surface area contributed by atoms with E-state index in [2.05, 4.69) is 30.7 Å². The van der Waals surface area contributed by atoms with Gasteiger partial charge in [-0.1, -0.05) is 30.3 Å². The molecule has 3 spiro atoms. The quantitative estimate of drug-likeness (QED) is 0.0647. The molecule has 27 heteroatoms. The van der Waals surface area contributed by atoms with Crippen LogP contribution in [0.3, 0.4) is 0 Å². The van der Waals surface area contributed by atoms with Crippen LogP contribution in [0.4, 0.5) is 22.0 Å². The normalized spacial score (nSPS) is 22.4. The summed E-state index contributed by atoms with van der Waals surface area (Å²) in [6.07, 6.45) is 15.3. The Hall–Kier alpha value is -7.63. The highest BCUT2D eigenvalue weighted by Gasteiger charge is 2.49. The maximum Gasteiger partial charge on any atom is 0.411 e. The SMILES string of the molecule is CCOC1CC(c2cccnc2)OC2(CCN(C(=O)c3ccc(COCC(F)(F)F)cc3)CC2)C1.CCOC1CC(c2cccnc2)OC2(CCN(C(=O)c3ccc(OC(C)C)c(OC)n3)CC2)C1.CCOC1CC(c2cccnc2)OC2(CCN(C(=O)c3ccc(S(=O)(=O)C(F)F)cc3)CC2)C1. The van der Waals surface area contributed by atoms with E-state index in [1.807, 2.05) is 93.3 Å². The summed E-state index contributed by atoms with van der Waals surface area (Å²) in [6, 6.07) is 26.5. The minimum atomic E-state index is -4.69. The number of amides is 3. The number of alkyl halides is 5. The summed E-state index contributed by atoms with van der Waals surface area (Å²) in [6.45, 7) is 13.6. The first-order chi connectivity index (χ1) is 49.4. The lowest BCUT2D eigenvalue weighted by Gasteiger charge is -2.48. The van der Waals surface area contributed by atoms with Crippen LogP contribution in [0.25, 0.3) is 0 Å². The number of carbonyl (C=O) groups is 3. The van der Waals surface area contributed by atoms with Gasteiger partial charge in [0.2, 0.25) is 9.84 Å².